The average Bonchev–Trinajstić information content (AvgIpc) is 3.32. The Morgan fingerprint density at radius 2 is 2.04 bits per heavy atom. The Morgan fingerprint density at radius 1 is 1.18 bits per heavy atom. The molecule has 0 bridgehead atoms. The Labute approximate surface area is 162 Å². The summed E-state index contributed by atoms with van der Waals surface area (Å²) >= 11 is 0. The second-order valence-electron chi connectivity index (χ2n) is 7.06. The first kappa shape index (κ1) is 18.1. The van der Waals surface area contributed by atoms with Crippen LogP contribution >= 0.6 is 0 Å². The van der Waals surface area contributed by atoms with E-state index in [1.165, 1.54) is 0 Å². The Balaban J connectivity index is 1.77. The first-order valence-corrected chi connectivity index (χ1v) is 9.31. The Bertz CT molecular complexity index is 1110. The van der Waals surface area contributed by atoms with Crippen molar-refractivity contribution in [1.29, 1.82) is 0 Å². The normalized spacial score (nSPS) is 11.6. The summed E-state index contributed by atoms with van der Waals surface area (Å²) in [5, 5.41) is 14.4. The number of H-pyrrole nitrogens is 1. The predicted molar refractivity (Wildman–Crippen MR) is 109 cm³/mol. The van der Waals surface area contributed by atoms with Crippen LogP contribution in [0.25, 0.3) is 33.4 Å². The van der Waals surface area contributed by atoms with Gasteiger partial charge in [0.1, 0.15) is 5.65 Å². The second kappa shape index (κ2) is 7.40. The summed E-state index contributed by atoms with van der Waals surface area (Å²) in [7, 11) is 0. The number of nitrogens with one attached hydrogen (secondary N) is 1. The Morgan fingerprint density at radius 3 is 2.79 bits per heavy atom. The Hall–Kier alpha value is -3.26. The molecule has 0 aliphatic rings. The number of aliphatic hydroxyl groups is 1. The van der Waals surface area contributed by atoms with Crippen molar-refractivity contribution in [2.75, 3.05) is 12.3 Å². The average molecular weight is 377 g/mol. The lowest BCUT2D eigenvalue weighted by Crippen LogP contribution is -2.02. The van der Waals surface area contributed by atoms with Crippen molar-refractivity contribution in [2.24, 2.45) is 0 Å². The number of rotatable bonds is 6. The van der Waals surface area contributed by atoms with E-state index in [2.05, 4.69) is 44.9 Å². The maximum absolute atomic E-state index is 9.07. The van der Waals surface area contributed by atoms with E-state index in [1.54, 1.807) is 0 Å². The van der Waals surface area contributed by atoms with Crippen molar-refractivity contribution in [3.8, 4) is 22.4 Å². The van der Waals surface area contributed by atoms with Crippen molar-refractivity contribution in [2.45, 2.75) is 32.7 Å². The molecule has 0 saturated heterocycles. The molecule has 0 fully saturated rings. The summed E-state index contributed by atoms with van der Waals surface area (Å²) in [6.07, 6.45) is 8.88. The van der Waals surface area contributed by atoms with Gasteiger partial charge < -0.3 is 15.8 Å². The van der Waals surface area contributed by atoms with Gasteiger partial charge in [0.25, 0.3) is 0 Å². The Kier molecular flexibility index (Phi) is 4.79. The van der Waals surface area contributed by atoms with E-state index >= 15 is 0 Å². The monoisotopic (exact) mass is 377 g/mol. The zero-order valence-corrected chi connectivity index (χ0v) is 15.9. The molecule has 0 atom stereocenters. The highest BCUT2D eigenvalue weighted by Crippen LogP contribution is 2.30. The number of pyridine rings is 1. The fourth-order valence-corrected chi connectivity index (χ4v) is 3.19. The number of aromatic nitrogens is 6. The minimum atomic E-state index is 0.115. The van der Waals surface area contributed by atoms with Crippen LogP contribution in [0, 0.1) is 0 Å². The molecule has 144 valence electrons. The zero-order valence-electron chi connectivity index (χ0n) is 15.9. The third kappa shape index (κ3) is 3.46. The van der Waals surface area contributed by atoms with Crippen molar-refractivity contribution >= 4 is 17.0 Å². The molecule has 4 rings (SSSR count). The summed E-state index contributed by atoms with van der Waals surface area (Å²) in [5.74, 6) is 0.224. The SMILES string of the molecule is CC(C)n1cc(-c2cnc3[nH]cc(-c4cc(CCCO)nc(N)n4)c3c2)cn1. The van der Waals surface area contributed by atoms with Crippen molar-refractivity contribution in [3.05, 3.63) is 42.6 Å². The molecule has 28 heavy (non-hydrogen) atoms. The third-order valence-electron chi connectivity index (χ3n) is 4.66. The minimum absolute atomic E-state index is 0.115. The summed E-state index contributed by atoms with van der Waals surface area (Å²) < 4.78 is 1.93. The van der Waals surface area contributed by atoms with E-state index in [-0.39, 0.29) is 12.6 Å². The van der Waals surface area contributed by atoms with Gasteiger partial charge in [-0.3, -0.25) is 4.68 Å². The highest BCUT2D eigenvalue weighted by molar-refractivity contribution is 5.95. The summed E-state index contributed by atoms with van der Waals surface area (Å²) in [5.41, 5.74) is 11.2. The highest BCUT2D eigenvalue weighted by atomic mass is 16.2. The predicted octanol–water partition coefficient (Wildman–Crippen LogP) is 2.97. The maximum atomic E-state index is 9.07. The van der Waals surface area contributed by atoms with Gasteiger partial charge in [-0.05, 0) is 38.8 Å². The number of hydrogen-bond acceptors (Lipinski definition) is 6. The van der Waals surface area contributed by atoms with E-state index in [1.807, 2.05) is 35.5 Å². The van der Waals surface area contributed by atoms with Crippen molar-refractivity contribution in [3.63, 3.8) is 0 Å². The van der Waals surface area contributed by atoms with E-state index in [4.69, 9.17) is 10.8 Å². The largest absolute Gasteiger partial charge is 0.396 e. The van der Waals surface area contributed by atoms with Crippen molar-refractivity contribution in [1.82, 2.24) is 29.7 Å². The molecule has 0 aliphatic carbocycles. The number of nitrogen functional groups attached to an aromatic ring is 1. The molecule has 0 radical (unpaired) electrons. The van der Waals surface area contributed by atoms with Crippen LogP contribution in [0.3, 0.4) is 0 Å². The number of aromatic amines is 1. The number of nitrogens with zero attached hydrogens (tertiary/aromatic N) is 5. The van der Waals surface area contributed by atoms with Gasteiger partial charge in [0, 0.05) is 59.0 Å². The first-order chi connectivity index (χ1) is 13.5. The molecule has 8 heteroatoms. The number of fused-ring (bicyclic) bond motifs is 1. The van der Waals surface area contributed by atoms with Gasteiger partial charge in [-0.2, -0.15) is 5.10 Å². The zero-order chi connectivity index (χ0) is 19.7. The second-order valence-corrected chi connectivity index (χ2v) is 7.06. The van der Waals surface area contributed by atoms with Crippen LogP contribution in [-0.4, -0.2) is 41.4 Å². The van der Waals surface area contributed by atoms with Gasteiger partial charge >= 0.3 is 0 Å². The molecule has 0 unspecified atom stereocenters. The van der Waals surface area contributed by atoms with Crippen molar-refractivity contribution < 1.29 is 5.11 Å². The molecule has 8 nitrogen and oxygen atoms in total. The van der Waals surface area contributed by atoms with Crippen LogP contribution in [0.15, 0.2) is 36.9 Å². The molecule has 0 spiro atoms. The van der Waals surface area contributed by atoms with Crippen LogP contribution in [0.4, 0.5) is 5.95 Å². The van der Waals surface area contributed by atoms with Gasteiger partial charge in [0.15, 0.2) is 0 Å². The maximum Gasteiger partial charge on any atom is 0.220 e. The molecule has 4 heterocycles. The molecule has 4 N–H and O–H groups in total. The van der Waals surface area contributed by atoms with Crippen LogP contribution in [-0.2, 0) is 6.42 Å². The fraction of sp³-hybridized carbons (Fsp3) is 0.300. The van der Waals surface area contributed by atoms with Gasteiger partial charge in [0.05, 0.1) is 11.9 Å². The molecule has 0 saturated carbocycles. The minimum Gasteiger partial charge on any atom is -0.396 e. The van der Waals surface area contributed by atoms with Gasteiger partial charge in [-0.25, -0.2) is 15.0 Å². The number of nitrogens with two attached hydrogens (primary N) is 1. The number of aliphatic hydroxyl groups excluding tert-OH is 1. The van der Waals surface area contributed by atoms with E-state index < -0.39 is 0 Å². The van der Waals surface area contributed by atoms with Gasteiger partial charge in [-0.1, -0.05) is 0 Å². The smallest absolute Gasteiger partial charge is 0.220 e. The van der Waals surface area contributed by atoms with Crippen LogP contribution in [0.5, 0.6) is 0 Å². The lowest BCUT2D eigenvalue weighted by molar-refractivity contribution is 0.288. The molecule has 4 aromatic heterocycles. The fourth-order valence-electron chi connectivity index (χ4n) is 3.19. The molecule has 0 amide bonds. The molecular formula is C20H23N7O. The number of anilines is 1. The standard InChI is InChI=1S/C20H23N7O/c1-12(2)27-11-14(9-24-27)13-6-16-17(10-23-19(16)22-8-13)18-7-15(4-3-5-28)25-20(21)26-18/h6-12,28H,3-5H2,1-2H3,(H,22,23)(H2,21,25,26). The summed E-state index contributed by atoms with van der Waals surface area (Å²) in [6, 6.07) is 4.30. The molecule has 0 aliphatic heterocycles. The molecule has 4 aromatic rings. The van der Waals surface area contributed by atoms with E-state index in [0.29, 0.717) is 18.9 Å². The topological polar surface area (TPSA) is 119 Å². The highest BCUT2D eigenvalue weighted by Gasteiger charge is 2.13. The van der Waals surface area contributed by atoms with Gasteiger partial charge in [0.2, 0.25) is 5.95 Å². The van der Waals surface area contributed by atoms with E-state index in [9.17, 15) is 0 Å². The molecular weight excluding hydrogens is 354 g/mol. The summed E-state index contributed by atoms with van der Waals surface area (Å²) in [6.45, 7) is 4.30. The first-order valence-electron chi connectivity index (χ1n) is 9.31. The number of aryl methyl sites for hydroxylation is 1. The van der Waals surface area contributed by atoms with Gasteiger partial charge in [-0.15, -0.1) is 0 Å². The lowest BCUT2D eigenvalue weighted by atomic mass is 10.1. The lowest BCUT2D eigenvalue weighted by Gasteiger charge is -2.06. The molecule has 0 aromatic carbocycles. The van der Waals surface area contributed by atoms with Crippen LogP contribution in [0.2, 0.25) is 0 Å². The quantitative estimate of drug-likeness (QED) is 0.475. The number of hydrogen-bond donors (Lipinski definition) is 3. The van der Waals surface area contributed by atoms with Crippen LogP contribution in [0.1, 0.15) is 32.0 Å². The third-order valence-corrected chi connectivity index (χ3v) is 4.66. The van der Waals surface area contributed by atoms with Crippen LogP contribution < -0.4 is 5.73 Å². The van der Waals surface area contributed by atoms with E-state index in [0.717, 1.165) is 39.1 Å². The summed E-state index contributed by atoms with van der Waals surface area (Å²) in [4.78, 5) is 16.4.